The first-order valence-electron chi connectivity index (χ1n) is 4.86. The van der Waals surface area contributed by atoms with Gasteiger partial charge in [0.1, 0.15) is 0 Å². The SMILES string of the molecule is Cn1cc(-c2cn3cccc(Br)c3n2)cn1. The number of fused-ring (bicyclic) bond motifs is 1. The summed E-state index contributed by atoms with van der Waals surface area (Å²) in [6.45, 7) is 0. The molecule has 5 heteroatoms. The van der Waals surface area contributed by atoms with E-state index in [1.165, 1.54) is 0 Å². The summed E-state index contributed by atoms with van der Waals surface area (Å²) in [6, 6.07) is 3.96. The van der Waals surface area contributed by atoms with Crippen molar-refractivity contribution in [3.05, 3.63) is 41.4 Å². The van der Waals surface area contributed by atoms with E-state index in [1.54, 1.807) is 4.68 Å². The highest BCUT2D eigenvalue weighted by Crippen LogP contribution is 2.22. The van der Waals surface area contributed by atoms with Gasteiger partial charge in [-0.15, -0.1) is 0 Å². The molecule has 0 saturated heterocycles. The van der Waals surface area contributed by atoms with Crippen LogP contribution in [0.4, 0.5) is 0 Å². The maximum Gasteiger partial charge on any atom is 0.151 e. The van der Waals surface area contributed by atoms with Crippen LogP contribution >= 0.6 is 15.9 Å². The molecule has 0 amide bonds. The molecule has 0 unspecified atom stereocenters. The maximum atomic E-state index is 4.56. The Labute approximate surface area is 101 Å². The molecule has 3 aromatic heterocycles. The number of imidazole rings is 1. The third-order valence-corrected chi connectivity index (χ3v) is 3.05. The zero-order chi connectivity index (χ0) is 11.1. The zero-order valence-corrected chi connectivity index (χ0v) is 10.2. The number of nitrogens with zero attached hydrogens (tertiary/aromatic N) is 4. The first kappa shape index (κ1) is 9.59. The van der Waals surface area contributed by atoms with Crippen LogP contribution < -0.4 is 0 Å². The van der Waals surface area contributed by atoms with Gasteiger partial charge in [-0.05, 0) is 28.1 Å². The lowest BCUT2D eigenvalue weighted by atomic mass is 10.3. The number of hydrogen-bond donors (Lipinski definition) is 0. The lowest BCUT2D eigenvalue weighted by Crippen LogP contribution is -1.84. The molecule has 4 nitrogen and oxygen atoms in total. The van der Waals surface area contributed by atoms with Gasteiger partial charge in [-0.2, -0.15) is 5.10 Å². The molecule has 80 valence electrons. The monoisotopic (exact) mass is 276 g/mol. The van der Waals surface area contributed by atoms with Crippen molar-refractivity contribution in [3.8, 4) is 11.3 Å². The standard InChI is InChI=1S/C11H9BrN4/c1-15-6-8(5-13-15)10-7-16-4-2-3-9(12)11(16)14-10/h2-7H,1H3. The lowest BCUT2D eigenvalue weighted by molar-refractivity contribution is 0.768. The largest absolute Gasteiger partial charge is 0.306 e. The summed E-state index contributed by atoms with van der Waals surface area (Å²) >= 11 is 3.48. The average molecular weight is 277 g/mol. The van der Waals surface area contributed by atoms with Gasteiger partial charge in [0.2, 0.25) is 0 Å². The van der Waals surface area contributed by atoms with Crippen molar-refractivity contribution < 1.29 is 0 Å². The van der Waals surface area contributed by atoms with Crippen molar-refractivity contribution in [3.63, 3.8) is 0 Å². The molecular weight excluding hydrogens is 268 g/mol. The summed E-state index contributed by atoms with van der Waals surface area (Å²) in [7, 11) is 1.90. The second-order valence-electron chi connectivity index (χ2n) is 3.62. The van der Waals surface area contributed by atoms with Gasteiger partial charge in [0.25, 0.3) is 0 Å². The van der Waals surface area contributed by atoms with Gasteiger partial charge < -0.3 is 4.40 Å². The Bertz CT molecular complexity index is 653. The molecule has 0 N–H and O–H groups in total. The second kappa shape index (κ2) is 3.45. The zero-order valence-electron chi connectivity index (χ0n) is 8.63. The Morgan fingerprint density at radius 1 is 1.31 bits per heavy atom. The fourth-order valence-corrected chi connectivity index (χ4v) is 2.12. The highest BCUT2D eigenvalue weighted by atomic mass is 79.9. The van der Waals surface area contributed by atoms with Gasteiger partial charge in [0, 0.05) is 31.2 Å². The van der Waals surface area contributed by atoms with Crippen molar-refractivity contribution in [2.75, 3.05) is 0 Å². The molecule has 3 aromatic rings. The number of halogens is 1. The third kappa shape index (κ3) is 1.44. The highest BCUT2D eigenvalue weighted by Gasteiger charge is 2.07. The number of pyridine rings is 1. The van der Waals surface area contributed by atoms with Crippen molar-refractivity contribution in [1.82, 2.24) is 19.2 Å². The number of aromatic nitrogens is 4. The third-order valence-electron chi connectivity index (χ3n) is 2.44. The Morgan fingerprint density at radius 3 is 2.88 bits per heavy atom. The van der Waals surface area contributed by atoms with Crippen LogP contribution in [0.3, 0.4) is 0 Å². The number of aryl methyl sites for hydroxylation is 1. The van der Waals surface area contributed by atoms with Crippen LogP contribution in [-0.4, -0.2) is 19.2 Å². The normalized spacial score (nSPS) is 11.1. The fraction of sp³-hybridized carbons (Fsp3) is 0.0909. The van der Waals surface area contributed by atoms with Crippen LogP contribution in [0.15, 0.2) is 41.4 Å². The van der Waals surface area contributed by atoms with Crippen LogP contribution in [0.25, 0.3) is 16.9 Å². The number of rotatable bonds is 1. The van der Waals surface area contributed by atoms with Crippen LogP contribution in [0, 0.1) is 0 Å². The predicted octanol–water partition coefficient (Wildman–Crippen LogP) is 2.50. The second-order valence-corrected chi connectivity index (χ2v) is 4.47. The number of hydrogen-bond acceptors (Lipinski definition) is 2. The van der Waals surface area contributed by atoms with Crippen molar-refractivity contribution in [1.29, 1.82) is 0 Å². The topological polar surface area (TPSA) is 35.1 Å². The fourth-order valence-electron chi connectivity index (χ4n) is 1.67. The van der Waals surface area contributed by atoms with E-state index in [4.69, 9.17) is 0 Å². The molecule has 0 atom stereocenters. The first-order valence-corrected chi connectivity index (χ1v) is 5.65. The molecule has 3 rings (SSSR count). The minimum atomic E-state index is 0.918. The average Bonchev–Trinajstić information content (AvgIpc) is 2.84. The van der Waals surface area contributed by atoms with E-state index in [1.807, 2.05) is 48.4 Å². The summed E-state index contributed by atoms with van der Waals surface area (Å²) in [5.74, 6) is 0. The maximum absolute atomic E-state index is 4.56. The molecule has 0 aliphatic carbocycles. The highest BCUT2D eigenvalue weighted by molar-refractivity contribution is 9.10. The summed E-state index contributed by atoms with van der Waals surface area (Å²) in [5.41, 5.74) is 2.87. The minimum Gasteiger partial charge on any atom is -0.306 e. The van der Waals surface area contributed by atoms with Crippen molar-refractivity contribution in [2.24, 2.45) is 7.05 Å². The van der Waals surface area contributed by atoms with Gasteiger partial charge in [-0.1, -0.05) is 0 Å². The smallest absolute Gasteiger partial charge is 0.151 e. The first-order chi connectivity index (χ1) is 7.74. The molecule has 0 aliphatic rings. The quantitative estimate of drug-likeness (QED) is 0.685. The van der Waals surface area contributed by atoms with Crippen molar-refractivity contribution >= 4 is 21.6 Å². The molecule has 0 spiro atoms. The minimum absolute atomic E-state index is 0.918. The molecular formula is C11H9BrN4. The molecule has 0 bridgehead atoms. The van der Waals surface area contributed by atoms with E-state index in [2.05, 4.69) is 26.0 Å². The molecule has 3 heterocycles. The Morgan fingerprint density at radius 2 is 2.19 bits per heavy atom. The van der Waals surface area contributed by atoms with E-state index in [0.717, 1.165) is 21.4 Å². The predicted molar refractivity (Wildman–Crippen MR) is 65.1 cm³/mol. The van der Waals surface area contributed by atoms with E-state index < -0.39 is 0 Å². The Kier molecular flexibility index (Phi) is 2.07. The van der Waals surface area contributed by atoms with Crippen LogP contribution in [-0.2, 0) is 7.05 Å². The summed E-state index contributed by atoms with van der Waals surface area (Å²) in [4.78, 5) is 4.56. The van der Waals surface area contributed by atoms with E-state index in [-0.39, 0.29) is 0 Å². The van der Waals surface area contributed by atoms with Crippen LogP contribution in [0.1, 0.15) is 0 Å². The molecule has 0 saturated carbocycles. The summed E-state index contributed by atoms with van der Waals surface area (Å²) in [6.07, 6.45) is 7.75. The van der Waals surface area contributed by atoms with Gasteiger partial charge in [0.15, 0.2) is 5.65 Å². The van der Waals surface area contributed by atoms with E-state index in [0.29, 0.717) is 0 Å². The molecule has 0 aliphatic heterocycles. The molecule has 0 fully saturated rings. The van der Waals surface area contributed by atoms with Gasteiger partial charge in [-0.3, -0.25) is 4.68 Å². The summed E-state index contributed by atoms with van der Waals surface area (Å²) < 4.78 is 4.76. The van der Waals surface area contributed by atoms with Crippen LogP contribution in [0.5, 0.6) is 0 Å². The Balaban J connectivity index is 2.22. The molecule has 16 heavy (non-hydrogen) atoms. The summed E-state index contributed by atoms with van der Waals surface area (Å²) in [5, 5.41) is 4.14. The van der Waals surface area contributed by atoms with Crippen LogP contribution in [0.2, 0.25) is 0 Å². The van der Waals surface area contributed by atoms with Gasteiger partial charge >= 0.3 is 0 Å². The van der Waals surface area contributed by atoms with E-state index in [9.17, 15) is 0 Å². The van der Waals surface area contributed by atoms with Gasteiger partial charge in [-0.25, -0.2) is 4.98 Å². The molecule has 0 radical (unpaired) electrons. The van der Waals surface area contributed by atoms with E-state index >= 15 is 0 Å². The Hall–Kier alpha value is -1.62. The lowest BCUT2D eigenvalue weighted by Gasteiger charge is -1.92. The van der Waals surface area contributed by atoms with Crippen molar-refractivity contribution in [2.45, 2.75) is 0 Å². The van der Waals surface area contributed by atoms with Gasteiger partial charge in [0.05, 0.1) is 16.4 Å². The molecule has 0 aromatic carbocycles.